The van der Waals surface area contributed by atoms with E-state index in [9.17, 15) is 13.2 Å². The van der Waals surface area contributed by atoms with E-state index in [-0.39, 0.29) is 15.7 Å². The minimum atomic E-state index is -3.91. The number of sulfone groups is 1. The molecule has 0 bridgehead atoms. The molecule has 0 aliphatic rings. The van der Waals surface area contributed by atoms with Crippen LogP contribution < -0.4 is 4.90 Å². The van der Waals surface area contributed by atoms with Crippen molar-refractivity contribution in [3.63, 3.8) is 0 Å². The topological polar surface area (TPSA) is 67.6 Å². The van der Waals surface area contributed by atoms with Gasteiger partial charge in [-0.15, -0.1) is 11.3 Å². The van der Waals surface area contributed by atoms with Crippen LogP contribution in [0.4, 0.5) is 5.69 Å². The Morgan fingerprint density at radius 2 is 1.71 bits per heavy atom. The van der Waals surface area contributed by atoms with E-state index in [0.29, 0.717) is 17.3 Å². The molecule has 0 aliphatic carbocycles. The third-order valence-corrected chi connectivity index (χ3v) is 7.42. The normalized spacial score (nSPS) is 11.4. The van der Waals surface area contributed by atoms with Crippen molar-refractivity contribution in [1.29, 1.82) is 0 Å². The van der Waals surface area contributed by atoms with Gasteiger partial charge in [0.15, 0.2) is 5.76 Å². The Labute approximate surface area is 189 Å². The summed E-state index contributed by atoms with van der Waals surface area (Å²) in [6.45, 7) is 2.31. The lowest BCUT2D eigenvalue weighted by Crippen LogP contribution is -2.29. The smallest absolute Gasteiger partial charge is 0.294 e. The minimum absolute atomic E-state index is 0.0409. The number of carbonyl (C=O) groups excluding carboxylic acids is 1. The number of hydrogen-bond donors (Lipinski definition) is 0. The lowest BCUT2D eigenvalue weighted by molar-refractivity contribution is 0.0953. The third kappa shape index (κ3) is 4.58. The highest BCUT2D eigenvalue weighted by atomic mass is 35.5. The van der Waals surface area contributed by atoms with Crippen LogP contribution in [-0.4, -0.2) is 14.3 Å². The Morgan fingerprint density at radius 1 is 1.00 bits per heavy atom. The summed E-state index contributed by atoms with van der Waals surface area (Å²) in [5.74, 6) is -0.473. The number of hydrogen-bond acceptors (Lipinski definition) is 5. The monoisotopic (exact) mass is 471 g/mol. The van der Waals surface area contributed by atoms with Crippen molar-refractivity contribution in [3.05, 3.63) is 99.4 Å². The maximum atomic E-state index is 13.3. The van der Waals surface area contributed by atoms with Crippen LogP contribution in [0.3, 0.4) is 0 Å². The van der Waals surface area contributed by atoms with E-state index in [1.807, 2.05) is 48.7 Å². The number of nitrogens with zero attached hydrogens (tertiary/aromatic N) is 1. The summed E-state index contributed by atoms with van der Waals surface area (Å²) < 4.78 is 31.2. The largest absolute Gasteiger partial charge is 0.439 e. The molecule has 0 atom stereocenters. The van der Waals surface area contributed by atoms with Crippen molar-refractivity contribution in [3.8, 4) is 0 Å². The molecular weight excluding hydrogens is 454 g/mol. The molecule has 2 aromatic heterocycles. The summed E-state index contributed by atoms with van der Waals surface area (Å²) in [4.78, 5) is 15.9. The molecule has 0 saturated carbocycles. The van der Waals surface area contributed by atoms with Gasteiger partial charge < -0.3 is 9.32 Å². The lowest BCUT2D eigenvalue weighted by Gasteiger charge is -2.21. The molecule has 0 radical (unpaired) electrons. The SMILES string of the molecule is Cc1ccc(N(Cc2cccs2)C(=O)c2ccc(S(=O)(=O)c3ccc(Cl)cc3)o2)cc1. The van der Waals surface area contributed by atoms with Crippen LogP contribution in [0.15, 0.2) is 92.6 Å². The average Bonchev–Trinajstić information content (AvgIpc) is 3.45. The molecule has 158 valence electrons. The summed E-state index contributed by atoms with van der Waals surface area (Å²) in [5, 5.41) is 2.08. The van der Waals surface area contributed by atoms with E-state index in [0.717, 1.165) is 10.4 Å². The summed E-state index contributed by atoms with van der Waals surface area (Å²) in [6.07, 6.45) is 0. The van der Waals surface area contributed by atoms with Crippen LogP contribution in [0.25, 0.3) is 0 Å². The molecule has 0 spiro atoms. The molecule has 0 unspecified atom stereocenters. The van der Waals surface area contributed by atoms with Crippen LogP contribution in [0.2, 0.25) is 5.02 Å². The molecule has 4 rings (SSSR count). The number of thiophene rings is 1. The molecule has 2 heterocycles. The van der Waals surface area contributed by atoms with E-state index >= 15 is 0 Å². The number of amides is 1. The highest BCUT2D eigenvalue weighted by molar-refractivity contribution is 7.91. The first-order valence-electron chi connectivity index (χ1n) is 9.36. The Kier molecular flexibility index (Phi) is 6.00. The molecule has 1 amide bonds. The quantitative estimate of drug-likeness (QED) is 0.346. The van der Waals surface area contributed by atoms with Crippen molar-refractivity contribution in [2.45, 2.75) is 23.5 Å². The minimum Gasteiger partial charge on any atom is -0.439 e. The number of aryl methyl sites for hydroxylation is 1. The average molecular weight is 472 g/mol. The van der Waals surface area contributed by atoms with Crippen LogP contribution in [-0.2, 0) is 16.4 Å². The number of carbonyl (C=O) groups is 1. The summed E-state index contributed by atoms with van der Waals surface area (Å²) in [7, 11) is -3.91. The van der Waals surface area contributed by atoms with Gasteiger partial charge >= 0.3 is 0 Å². The molecule has 0 saturated heterocycles. The van der Waals surface area contributed by atoms with Gasteiger partial charge in [-0.05, 0) is 66.9 Å². The van der Waals surface area contributed by atoms with Gasteiger partial charge in [-0.3, -0.25) is 4.79 Å². The van der Waals surface area contributed by atoms with Gasteiger partial charge in [-0.2, -0.15) is 0 Å². The van der Waals surface area contributed by atoms with Gasteiger partial charge in [0.1, 0.15) is 0 Å². The van der Waals surface area contributed by atoms with E-state index in [1.54, 1.807) is 4.90 Å². The van der Waals surface area contributed by atoms with Crippen molar-refractivity contribution in [2.24, 2.45) is 0 Å². The van der Waals surface area contributed by atoms with Crippen LogP contribution in [0.5, 0.6) is 0 Å². The Balaban J connectivity index is 1.67. The fourth-order valence-corrected chi connectivity index (χ4v) is 5.00. The third-order valence-electron chi connectivity index (χ3n) is 4.67. The zero-order valence-electron chi connectivity index (χ0n) is 16.5. The van der Waals surface area contributed by atoms with Crippen LogP contribution in [0, 0.1) is 6.92 Å². The number of halogens is 1. The van der Waals surface area contributed by atoms with E-state index < -0.39 is 15.7 Å². The Hall–Kier alpha value is -2.87. The fraction of sp³-hybridized carbons (Fsp3) is 0.0870. The standard InChI is InChI=1S/C23H18ClNO4S2/c1-16-4-8-18(9-5-16)25(15-19-3-2-14-30-19)23(26)21-12-13-22(29-21)31(27,28)20-10-6-17(24)7-11-20/h2-14H,15H2,1H3. The molecule has 8 heteroatoms. The summed E-state index contributed by atoms with van der Waals surface area (Å²) in [5.41, 5.74) is 1.77. The second-order valence-corrected chi connectivity index (χ2v) is 10.2. The van der Waals surface area contributed by atoms with Crippen molar-refractivity contribution in [1.82, 2.24) is 0 Å². The molecule has 5 nitrogen and oxygen atoms in total. The van der Waals surface area contributed by atoms with Crippen molar-refractivity contribution >= 4 is 44.4 Å². The maximum Gasteiger partial charge on any atom is 0.294 e. The van der Waals surface area contributed by atoms with E-state index in [2.05, 4.69) is 0 Å². The lowest BCUT2D eigenvalue weighted by atomic mass is 10.2. The maximum absolute atomic E-state index is 13.3. The van der Waals surface area contributed by atoms with E-state index in [1.165, 1.54) is 47.7 Å². The van der Waals surface area contributed by atoms with Crippen LogP contribution in [0.1, 0.15) is 21.0 Å². The number of anilines is 1. The molecule has 0 fully saturated rings. The molecule has 4 aromatic rings. The highest BCUT2D eigenvalue weighted by Crippen LogP contribution is 2.27. The first-order valence-corrected chi connectivity index (χ1v) is 12.1. The van der Waals surface area contributed by atoms with Gasteiger partial charge in [0.2, 0.25) is 14.9 Å². The fourth-order valence-electron chi connectivity index (χ4n) is 3.01. The van der Waals surface area contributed by atoms with Gasteiger partial charge in [0.25, 0.3) is 5.91 Å². The van der Waals surface area contributed by atoms with E-state index in [4.69, 9.17) is 16.0 Å². The second-order valence-electron chi connectivity index (χ2n) is 6.88. The summed E-state index contributed by atoms with van der Waals surface area (Å²) >= 11 is 7.39. The Bertz CT molecular complexity index is 1290. The zero-order chi connectivity index (χ0) is 22.0. The zero-order valence-corrected chi connectivity index (χ0v) is 18.9. The first-order chi connectivity index (χ1) is 14.8. The van der Waals surface area contributed by atoms with Gasteiger partial charge in [0, 0.05) is 15.6 Å². The predicted octanol–water partition coefficient (Wildman–Crippen LogP) is 5.98. The number of benzene rings is 2. The van der Waals surface area contributed by atoms with Crippen molar-refractivity contribution < 1.29 is 17.6 Å². The molecule has 0 N–H and O–H groups in total. The van der Waals surface area contributed by atoms with Gasteiger partial charge in [-0.1, -0.05) is 35.4 Å². The Morgan fingerprint density at radius 3 is 2.35 bits per heavy atom. The molecule has 2 aromatic carbocycles. The van der Waals surface area contributed by atoms with Crippen LogP contribution >= 0.6 is 22.9 Å². The second kappa shape index (κ2) is 8.70. The van der Waals surface area contributed by atoms with Gasteiger partial charge in [-0.25, -0.2) is 8.42 Å². The van der Waals surface area contributed by atoms with Gasteiger partial charge in [0.05, 0.1) is 11.4 Å². The number of rotatable bonds is 6. The van der Waals surface area contributed by atoms with Crippen molar-refractivity contribution in [2.75, 3.05) is 4.90 Å². The predicted molar refractivity (Wildman–Crippen MR) is 122 cm³/mol. The number of furan rings is 1. The summed E-state index contributed by atoms with van der Waals surface area (Å²) in [6, 6.07) is 19.9. The molecular formula is C23H18ClNO4S2. The molecule has 0 aliphatic heterocycles. The molecule has 31 heavy (non-hydrogen) atoms. The highest BCUT2D eigenvalue weighted by Gasteiger charge is 2.26. The first kappa shape index (κ1) is 21.4.